The summed E-state index contributed by atoms with van der Waals surface area (Å²) in [4.78, 5) is 43.1. The molecule has 0 radical (unpaired) electrons. The van der Waals surface area contributed by atoms with Crippen molar-refractivity contribution < 1.29 is 36.6 Å². The Morgan fingerprint density at radius 1 is 1.26 bits per heavy atom. The number of aryl methyl sites for hydroxylation is 1. The Kier molecular flexibility index (Phi) is 5.45. The molecule has 3 aliphatic rings. The average Bonchev–Trinajstić information content (AvgIpc) is 3.26. The minimum Gasteiger partial charge on any atom is -0.458 e. The zero-order valence-corrected chi connectivity index (χ0v) is 21.2. The number of aromatic nitrogens is 2. The number of esters is 1. The standard InChI is InChI=1S/C27H23F4N3O5/c1-4-26(38-3)15-7-19-22-13(9-34(19)23(35)14(15)10-39-25(26)37)21-17(33-24(36)27(29,30)31)6-5-12-11(2)16(28)8-18(32-22)20(12)21/h7-8,17H,4-6,9-10H2,1-3H3,(H,33,36). The van der Waals surface area contributed by atoms with Crippen LogP contribution < -0.4 is 10.9 Å². The monoisotopic (exact) mass is 545 g/mol. The molecule has 12 heteroatoms. The van der Waals surface area contributed by atoms with Crippen LogP contribution in [0.5, 0.6) is 0 Å². The summed E-state index contributed by atoms with van der Waals surface area (Å²) in [6, 6.07) is 1.81. The summed E-state index contributed by atoms with van der Waals surface area (Å²) in [7, 11) is 1.34. The van der Waals surface area contributed by atoms with Crippen molar-refractivity contribution in [2.45, 2.75) is 64.1 Å². The van der Waals surface area contributed by atoms with Crippen molar-refractivity contribution >= 4 is 22.8 Å². The van der Waals surface area contributed by atoms with E-state index in [9.17, 15) is 31.9 Å². The molecule has 8 nitrogen and oxygen atoms in total. The number of rotatable bonds is 3. The van der Waals surface area contributed by atoms with Crippen LogP contribution in [0, 0.1) is 12.7 Å². The molecule has 2 aromatic heterocycles. The number of alkyl halides is 3. The van der Waals surface area contributed by atoms with E-state index in [1.807, 2.05) is 0 Å². The number of benzene rings is 1. The molecule has 0 saturated heterocycles. The van der Waals surface area contributed by atoms with Crippen molar-refractivity contribution in [3.05, 3.63) is 61.7 Å². The molecule has 6 rings (SSSR count). The lowest BCUT2D eigenvalue weighted by molar-refractivity contribution is -0.176. The highest BCUT2D eigenvalue weighted by molar-refractivity contribution is 5.94. The SMILES string of the molecule is CCC1(OC)C(=O)OCc2c1cc1n(c2=O)Cc2c-1nc1cc(F)c(C)c3c1c2C(NC(=O)C(F)(F)F)CC3. The molecule has 204 valence electrons. The van der Waals surface area contributed by atoms with E-state index in [2.05, 4.69) is 10.3 Å². The Balaban J connectivity index is 1.64. The first kappa shape index (κ1) is 25.5. The molecule has 3 aromatic rings. The van der Waals surface area contributed by atoms with Gasteiger partial charge in [-0.2, -0.15) is 13.2 Å². The van der Waals surface area contributed by atoms with Gasteiger partial charge in [0.15, 0.2) is 5.60 Å². The van der Waals surface area contributed by atoms with Crippen LogP contribution in [0.15, 0.2) is 16.9 Å². The van der Waals surface area contributed by atoms with Gasteiger partial charge in [-0.1, -0.05) is 6.92 Å². The lowest BCUT2D eigenvalue weighted by Crippen LogP contribution is -2.45. The van der Waals surface area contributed by atoms with Gasteiger partial charge in [-0.15, -0.1) is 0 Å². The average molecular weight is 545 g/mol. The maximum absolute atomic E-state index is 14.9. The Bertz CT molecular complexity index is 1670. The van der Waals surface area contributed by atoms with E-state index in [-0.39, 0.29) is 49.2 Å². The molecular formula is C27H23F4N3O5. The maximum atomic E-state index is 14.9. The number of amides is 1. The van der Waals surface area contributed by atoms with E-state index in [4.69, 9.17) is 9.47 Å². The van der Waals surface area contributed by atoms with Crippen LogP contribution in [0.1, 0.15) is 59.2 Å². The summed E-state index contributed by atoms with van der Waals surface area (Å²) in [6.07, 6.45) is -4.56. The van der Waals surface area contributed by atoms with Crippen LogP contribution >= 0.6 is 0 Å². The fourth-order valence-corrected chi connectivity index (χ4v) is 6.27. The highest BCUT2D eigenvalue weighted by atomic mass is 19.4. The number of carbonyl (C=O) groups is 2. The number of hydrogen-bond donors (Lipinski definition) is 1. The van der Waals surface area contributed by atoms with Crippen LogP contribution in [0.4, 0.5) is 17.6 Å². The molecule has 0 spiro atoms. The molecule has 0 bridgehead atoms. The predicted molar refractivity (Wildman–Crippen MR) is 129 cm³/mol. The fraction of sp³-hybridized carbons (Fsp3) is 0.407. The van der Waals surface area contributed by atoms with Crippen LogP contribution in [0.2, 0.25) is 0 Å². The number of nitrogens with one attached hydrogen (secondary N) is 1. The molecule has 1 aromatic carbocycles. The smallest absolute Gasteiger partial charge is 0.458 e. The molecular weight excluding hydrogens is 522 g/mol. The van der Waals surface area contributed by atoms with Gasteiger partial charge in [-0.25, -0.2) is 14.2 Å². The Morgan fingerprint density at radius 3 is 2.67 bits per heavy atom. The lowest BCUT2D eigenvalue weighted by Gasteiger charge is -2.35. The number of pyridine rings is 2. The first-order valence-corrected chi connectivity index (χ1v) is 12.4. The van der Waals surface area contributed by atoms with Crippen molar-refractivity contribution in [1.29, 1.82) is 0 Å². The number of cyclic esters (lactones) is 1. The minimum atomic E-state index is -5.09. The van der Waals surface area contributed by atoms with Gasteiger partial charge >= 0.3 is 18.1 Å². The third-order valence-corrected chi connectivity index (χ3v) is 8.26. The van der Waals surface area contributed by atoms with Gasteiger partial charge < -0.3 is 19.4 Å². The number of methoxy groups -OCH3 is 1. The van der Waals surface area contributed by atoms with Gasteiger partial charge in [-0.3, -0.25) is 9.59 Å². The van der Waals surface area contributed by atoms with Gasteiger partial charge in [0, 0.05) is 29.7 Å². The summed E-state index contributed by atoms with van der Waals surface area (Å²) in [5.41, 5.74) is 1.23. The molecule has 2 atom stereocenters. The summed E-state index contributed by atoms with van der Waals surface area (Å²) in [6.45, 7) is 3.03. The fourth-order valence-electron chi connectivity index (χ4n) is 6.27. The number of nitrogens with zero attached hydrogens (tertiary/aromatic N) is 2. The zero-order chi connectivity index (χ0) is 28.0. The van der Waals surface area contributed by atoms with Gasteiger partial charge in [0.25, 0.3) is 5.56 Å². The molecule has 39 heavy (non-hydrogen) atoms. The quantitative estimate of drug-likeness (QED) is 0.310. The molecule has 4 heterocycles. The molecule has 1 N–H and O–H groups in total. The maximum Gasteiger partial charge on any atom is 0.471 e. The molecule has 2 aliphatic heterocycles. The Labute approximate surface area is 218 Å². The van der Waals surface area contributed by atoms with E-state index in [1.54, 1.807) is 19.9 Å². The zero-order valence-electron chi connectivity index (χ0n) is 21.2. The third kappa shape index (κ3) is 3.39. The largest absolute Gasteiger partial charge is 0.471 e. The summed E-state index contributed by atoms with van der Waals surface area (Å²) in [5, 5.41) is 2.58. The molecule has 1 amide bonds. The number of carbonyl (C=O) groups excluding carboxylic acids is 2. The second-order valence-corrected chi connectivity index (χ2v) is 10.0. The van der Waals surface area contributed by atoms with Gasteiger partial charge in [0.1, 0.15) is 12.4 Å². The van der Waals surface area contributed by atoms with Crippen LogP contribution in [-0.4, -0.2) is 34.7 Å². The predicted octanol–water partition coefficient (Wildman–Crippen LogP) is 3.85. The van der Waals surface area contributed by atoms with E-state index in [0.29, 0.717) is 38.9 Å². The number of hydrogen-bond acceptors (Lipinski definition) is 6. The molecule has 0 fully saturated rings. The molecule has 2 unspecified atom stereocenters. The van der Waals surface area contributed by atoms with Crippen molar-refractivity contribution in [1.82, 2.24) is 14.9 Å². The van der Waals surface area contributed by atoms with Crippen LogP contribution in [0.25, 0.3) is 22.3 Å². The lowest BCUT2D eigenvalue weighted by atomic mass is 9.81. The third-order valence-electron chi connectivity index (χ3n) is 8.26. The van der Waals surface area contributed by atoms with Crippen molar-refractivity contribution in [2.24, 2.45) is 0 Å². The summed E-state index contributed by atoms with van der Waals surface area (Å²) >= 11 is 0. The first-order valence-electron chi connectivity index (χ1n) is 12.4. The van der Waals surface area contributed by atoms with Gasteiger partial charge in [-0.05, 0) is 48.9 Å². The van der Waals surface area contributed by atoms with Crippen molar-refractivity contribution in [3.8, 4) is 11.4 Å². The molecule has 0 saturated carbocycles. The highest BCUT2D eigenvalue weighted by Crippen LogP contribution is 2.46. The summed E-state index contributed by atoms with van der Waals surface area (Å²) in [5.74, 6) is -3.23. The van der Waals surface area contributed by atoms with Crippen LogP contribution in [0.3, 0.4) is 0 Å². The number of ether oxygens (including phenoxy) is 2. The minimum absolute atomic E-state index is 0.0244. The van der Waals surface area contributed by atoms with Crippen LogP contribution in [-0.2, 0) is 44.2 Å². The summed E-state index contributed by atoms with van der Waals surface area (Å²) < 4.78 is 66.9. The number of fused-ring (bicyclic) bond motifs is 5. The Morgan fingerprint density at radius 2 is 2.00 bits per heavy atom. The second kappa shape index (κ2) is 8.35. The van der Waals surface area contributed by atoms with Crippen molar-refractivity contribution in [2.75, 3.05) is 7.11 Å². The number of halogens is 4. The Hall–Kier alpha value is -3.80. The normalized spacial score (nSPS) is 21.3. The second-order valence-electron chi connectivity index (χ2n) is 10.0. The van der Waals surface area contributed by atoms with E-state index >= 15 is 0 Å². The molecule has 1 aliphatic carbocycles. The topological polar surface area (TPSA) is 99.5 Å². The van der Waals surface area contributed by atoms with E-state index < -0.39 is 41.1 Å². The van der Waals surface area contributed by atoms with E-state index in [0.717, 1.165) is 0 Å². The van der Waals surface area contributed by atoms with Gasteiger partial charge in [0.2, 0.25) is 0 Å². The first-order chi connectivity index (χ1) is 18.4. The highest BCUT2D eigenvalue weighted by Gasteiger charge is 2.48. The van der Waals surface area contributed by atoms with E-state index in [1.165, 1.54) is 17.7 Å². The van der Waals surface area contributed by atoms with Gasteiger partial charge in [0.05, 0.1) is 35.1 Å². The van der Waals surface area contributed by atoms with Crippen molar-refractivity contribution in [3.63, 3.8) is 0 Å².